The van der Waals surface area contributed by atoms with Crippen molar-refractivity contribution < 1.29 is 14.3 Å². The predicted molar refractivity (Wildman–Crippen MR) is 95.1 cm³/mol. The average molecular weight is 345 g/mol. The number of carbonyl (C=O) groups excluding carboxylic acids is 1. The van der Waals surface area contributed by atoms with Crippen LogP contribution in [0.25, 0.3) is 10.9 Å². The maximum atomic E-state index is 12.9. The molecule has 3 aromatic rings. The van der Waals surface area contributed by atoms with Crippen LogP contribution in [0.15, 0.2) is 42.6 Å². The van der Waals surface area contributed by atoms with Gasteiger partial charge in [0.25, 0.3) is 0 Å². The summed E-state index contributed by atoms with van der Waals surface area (Å²) in [6.07, 6.45) is 3.29. The van der Waals surface area contributed by atoms with E-state index >= 15 is 0 Å². The number of anilines is 1. The molecule has 1 saturated carbocycles. The standard InChI is InChI=1S/C20H15N3O3/c21-9-12-10-22-16-8-14(2-3-15(12)16)23-19(24)20(5-6-20)13-1-4-17-18(7-13)26-11-25-17/h1-4,7-8,10,22H,5-6,11H2,(H,23,24). The third-order valence-corrected chi connectivity index (χ3v) is 5.17. The molecule has 5 rings (SSSR count). The second kappa shape index (κ2) is 5.27. The molecule has 128 valence electrons. The van der Waals surface area contributed by atoms with Crippen LogP contribution in [-0.4, -0.2) is 17.7 Å². The van der Waals surface area contributed by atoms with Gasteiger partial charge in [-0.15, -0.1) is 0 Å². The number of benzene rings is 2. The smallest absolute Gasteiger partial charge is 0.235 e. The molecular weight excluding hydrogens is 330 g/mol. The van der Waals surface area contributed by atoms with Crippen molar-refractivity contribution in [1.82, 2.24) is 4.98 Å². The van der Waals surface area contributed by atoms with Gasteiger partial charge in [-0.1, -0.05) is 6.07 Å². The van der Waals surface area contributed by atoms with E-state index in [0.717, 1.165) is 35.1 Å². The number of nitrogens with one attached hydrogen (secondary N) is 2. The Bertz CT molecular complexity index is 1090. The van der Waals surface area contributed by atoms with Gasteiger partial charge < -0.3 is 19.8 Å². The van der Waals surface area contributed by atoms with Gasteiger partial charge >= 0.3 is 0 Å². The highest BCUT2D eigenvalue weighted by atomic mass is 16.7. The fourth-order valence-electron chi connectivity index (χ4n) is 3.51. The van der Waals surface area contributed by atoms with E-state index in [1.807, 2.05) is 36.4 Å². The van der Waals surface area contributed by atoms with Gasteiger partial charge in [0, 0.05) is 22.8 Å². The van der Waals surface area contributed by atoms with Crippen LogP contribution in [0.2, 0.25) is 0 Å². The third-order valence-electron chi connectivity index (χ3n) is 5.17. The highest BCUT2D eigenvalue weighted by Gasteiger charge is 2.51. The summed E-state index contributed by atoms with van der Waals surface area (Å²) in [4.78, 5) is 16.0. The fraction of sp³-hybridized carbons (Fsp3) is 0.200. The van der Waals surface area contributed by atoms with E-state index in [1.54, 1.807) is 6.20 Å². The minimum absolute atomic E-state index is 0.0252. The van der Waals surface area contributed by atoms with Crippen LogP contribution in [0.1, 0.15) is 24.0 Å². The van der Waals surface area contributed by atoms with Crippen LogP contribution >= 0.6 is 0 Å². The number of hydrogen-bond acceptors (Lipinski definition) is 4. The van der Waals surface area contributed by atoms with Crippen molar-refractivity contribution in [3.05, 3.63) is 53.7 Å². The van der Waals surface area contributed by atoms with Crippen molar-refractivity contribution in [2.75, 3.05) is 12.1 Å². The van der Waals surface area contributed by atoms with Crippen molar-refractivity contribution >= 4 is 22.5 Å². The maximum Gasteiger partial charge on any atom is 0.235 e. The number of nitriles is 1. The Balaban J connectivity index is 1.42. The number of aromatic nitrogens is 1. The van der Waals surface area contributed by atoms with E-state index in [9.17, 15) is 4.79 Å². The molecule has 1 aromatic heterocycles. The third kappa shape index (κ3) is 2.14. The van der Waals surface area contributed by atoms with Gasteiger partial charge in [-0.2, -0.15) is 5.26 Å². The maximum absolute atomic E-state index is 12.9. The number of amides is 1. The molecule has 2 aliphatic rings. The van der Waals surface area contributed by atoms with Crippen LogP contribution < -0.4 is 14.8 Å². The molecule has 6 heteroatoms. The summed E-state index contributed by atoms with van der Waals surface area (Å²) in [5, 5.41) is 13.0. The van der Waals surface area contributed by atoms with E-state index in [2.05, 4.69) is 16.4 Å². The van der Waals surface area contributed by atoms with Crippen LogP contribution in [0.3, 0.4) is 0 Å². The first-order chi connectivity index (χ1) is 12.7. The van der Waals surface area contributed by atoms with Crippen LogP contribution in [-0.2, 0) is 10.2 Å². The molecule has 2 N–H and O–H groups in total. The lowest BCUT2D eigenvalue weighted by atomic mass is 9.94. The SMILES string of the molecule is N#Cc1c[nH]c2cc(NC(=O)C3(c4ccc5c(c4)OCO5)CC3)ccc12. The number of carbonyl (C=O) groups is 1. The van der Waals surface area contributed by atoms with Gasteiger partial charge in [-0.3, -0.25) is 4.79 Å². The van der Waals surface area contributed by atoms with Crippen LogP contribution in [0, 0.1) is 11.3 Å². The van der Waals surface area contributed by atoms with Crippen molar-refractivity contribution in [3.63, 3.8) is 0 Å². The van der Waals surface area contributed by atoms with E-state index in [0.29, 0.717) is 17.0 Å². The zero-order valence-electron chi connectivity index (χ0n) is 13.8. The molecule has 0 atom stereocenters. The number of ether oxygens (including phenoxy) is 2. The molecule has 2 aromatic carbocycles. The first-order valence-corrected chi connectivity index (χ1v) is 8.42. The van der Waals surface area contributed by atoms with E-state index in [1.165, 1.54) is 0 Å². The molecule has 1 aliphatic carbocycles. The van der Waals surface area contributed by atoms with Crippen molar-refractivity contribution in [2.45, 2.75) is 18.3 Å². The Labute approximate surface area is 149 Å². The summed E-state index contributed by atoms with van der Waals surface area (Å²) in [6, 6.07) is 13.4. The summed E-state index contributed by atoms with van der Waals surface area (Å²) in [6.45, 7) is 0.221. The van der Waals surface area contributed by atoms with E-state index in [-0.39, 0.29) is 12.7 Å². The first-order valence-electron chi connectivity index (χ1n) is 8.42. The minimum Gasteiger partial charge on any atom is -0.454 e. The Morgan fingerprint density at radius 1 is 1.15 bits per heavy atom. The van der Waals surface area contributed by atoms with Crippen molar-refractivity contribution in [3.8, 4) is 17.6 Å². The summed E-state index contributed by atoms with van der Waals surface area (Å²) < 4.78 is 10.8. The molecule has 26 heavy (non-hydrogen) atoms. The summed E-state index contributed by atoms with van der Waals surface area (Å²) in [7, 11) is 0. The fourth-order valence-corrected chi connectivity index (χ4v) is 3.51. The Morgan fingerprint density at radius 3 is 2.81 bits per heavy atom. The minimum atomic E-state index is -0.510. The Morgan fingerprint density at radius 2 is 2.00 bits per heavy atom. The highest BCUT2D eigenvalue weighted by molar-refractivity contribution is 6.02. The van der Waals surface area contributed by atoms with Crippen molar-refractivity contribution in [2.24, 2.45) is 0 Å². The Kier molecular flexibility index (Phi) is 3.01. The van der Waals surface area contributed by atoms with Gasteiger partial charge in [0.1, 0.15) is 6.07 Å². The van der Waals surface area contributed by atoms with Gasteiger partial charge in [0.15, 0.2) is 11.5 Å². The molecule has 0 radical (unpaired) electrons. The molecule has 0 spiro atoms. The normalized spacial score (nSPS) is 16.3. The number of nitrogens with zero attached hydrogens (tertiary/aromatic N) is 1. The van der Waals surface area contributed by atoms with Crippen LogP contribution in [0.5, 0.6) is 11.5 Å². The molecule has 2 heterocycles. The number of hydrogen-bond donors (Lipinski definition) is 2. The second-order valence-corrected chi connectivity index (χ2v) is 6.68. The molecule has 0 unspecified atom stereocenters. The zero-order valence-corrected chi connectivity index (χ0v) is 13.8. The molecule has 1 aliphatic heterocycles. The number of aromatic amines is 1. The van der Waals surface area contributed by atoms with Gasteiger partial charge in [0.2, 0.25) is 12.7 Å². The lowest BCUT2D eigenvalue weighted by Gasteiger charge is -2.16. The van der Waals surface area contributed by atoms with Gasteiger partial charge in [0.05, 0.1) is 11.0 Å². The monoisotopic (exact) mass is 345 g/mol. The predicted octanol–water partition coefficient (Wildman–Crippen LogP) is 3.44. The molecular formula is C20H15N3O3. The van der Waals surface area contributed by atoms with E-state index in [4.69, 9.17) is 14.7 Å². The Hall–Kier alpha value is -3.46. The van der Waals surface area contributed by atoms with Crippen LogP contribution in [0.4, 0.5) is 5.69 Å². The van der Waals surface area contributed by atoms with Crippen molar-refractivity contribution in [1.29, 1.82) is 5.26 Å². The second-order valence-electron chi connectivity index (χ2n) is 6.68. The largest absolute Gasteiger partial charge is 0.454 e. The molecule has 0 bridgehead atoms. The van der Waals surface area contributed by atoms with Gasteiger partial charge in [-0.05, 0) is 48.7 Å². The highest BCUT2D eigenvalue weighted by Crippen LogP contribution is 2.51. The molecule has 6 nitrogen and oxygen atoms in total. The summed E-state index contributed by atoms with van der Waals surface area (Å²) >= 11 is 0. The zero-order chi connectivity index (χ0) is 17.7. The van der Waals surface area contributed by atoms with Gasteiger partial charge in [-0.25, -0.2) is 0 Å². The topological polar surface area (TPSA) is 87.1 Å². The molecule has 1 amide bonds. The number of fused-ring (bicyclic) bond motifs is 2. The lowest BCUT2D eigenvalue weighted by molar-refractivity contribution is -0.118. The molecule has 0 saturated heterocycles. The quantitative estimate of drug-likeness (QED) is 0.761. The lowest BCUT2D eigenvalue weighted by Crippen LogP contribution is -2.27. The molecule has 1 fully saturated rings. The number of rotatable bonds is 3. The number of H-pyrrole nitrogens is 1. The van der Waals surface area contributed by atoms with E-state index < -0.39 is 5.41 Å². The summed E-state index contributed by atoms with van der Waals surface area (Å²) in [5.41, 5.74) is 2.57. The first kappa shape index (κ1) is 14.8. The average Bonchev–Trinajstić information content (AvgIpc) is 3.17. The summed E-state index contributed by atoms with van der Waals surface area (Å²) in [5.74, 6) is 1.39.